The normalized spacial score (nSPS) is 11.2. The molecule has 0 atom stereocenters. The summed E-state index contributed by atoms with van der Waals surface area (Å²) in [6.07, 6.45) is 3.77. The predicted octanol–water partition coefficient (Wildman–Crippen LogP) is 2.94. The number of hydrogen-bond acceptors (Lipinski definition) is 2. The standard InChI is InChI=1S/C15H19N3/c1-3-15-17-12(2)14(18-15)11-16-10-9-13-7-5-4-6-8-13/h4-8,11H,3,9-10H2,1-2H3,(H,17,18). The Kier molecular flexibility index (Phi) is 4.29. The van der Waals surface area contributed by atoms with Gasteiger partial charge in [0, 0.05) is 24.9 Å². The molecule has 1 heterocycles. The highest BCUT2D eigenvalue weighted by Gasteiger charge is 2.01. The predicted molar refractivity (Wildman–Crippen MR) is 75.3 cm³/mol. The second kappa shape index (κ2) is 6.15. The van der Waals surface area contributed by atoms with E-state index in [0.717, 1.165) is 36.6 Å². The zero-order chi connectivity index (χ0) is 12.8. The van der Waals surface area contributed by atoms with Gasteiger partial charge in [0.1, 0.15) is 11.5 Å². The Balaban J connectivity index is 1.89. The molecule has 0 unspecified atom stereocenters. The Morgan fingerprint density at radius 2 is 2.06 bits per heavy atom. The summed E-state index contributed by atoms with van der Waals surface area (Å²) in [7, 11) is 0. The average Bonchev–Trinajstić information content (AvgIpc) is 2.77. The molecule has 94 valence electrons. The Morgan fingerprint density at radius 3 is 2.72 bits per heavy atom. The van der Waals surface area contributed by atoms with E-state index in [2.05, 4.69) is 46.1 Å². The third-order valence-electron chi connectivity index (χ3n) is 2.89. The summed E-state index contributed by atoms with van der Waals surface area (Å²) in [6.45, 7) is 4.93. The van der Waals surface area contributed by atoms with Crippen LogP contribution in [0, 0.1) is 6.92 Å². The van der Waals surface area contributed by atoms with Gasteiger partial charge in [0.05, 0.1) is 0 Å². The van der Waals surface area contributed by atoms with Crippen LogP contribution in [0.4, 0.5) is 0 Å². The molecular weight excluding hydrogens is 222 g/mol. The van der Waals surface area contributed by atoms with Gasteiger partial charge in [-0.15, -0.1) is 0 Å². The minimum absolute atomic E-state index is 0.803. The Bertz CT molecular complexity index is 512. The summed E-state index contributed by atoms with van der Waals surface area (Å²) in [5.74, 6) is 1.03. The third kappa shape index (κ3) is 3.29. The SMILES string of the molecule is CCc1nc(C=NCCc2ccccc2)c(C)[nH]1. The number of aryl methyl sites for hydroxylation is 2. The number of aromatic amines is 1. The minimum atomic E-state index is 0.803. The Morgan fingerprint density at radius 1 is 1.28 bits per heavy atom. The van der Waals surface area contributed by atoms with E-state index in [4.69, 9.17) is 0 Å². The smallest absolute Gasteiger partial charge is 0.106 e. The second-order valence-electron chi connectivity index (χ2n) is 4.32. The molecule has 18 heavy (non-hydrogen) atoms. The number of nitrogens with zero attached hydrogens (tertiary/aromatic N) is 2. The lowest BCUT2D eigenvalue weighted by molar-refractivity contribution is 0.969. The molecule has 0 amide bonds. The first-order valence-corrected chi connectivity index (χ1v) is 6.39. The first kappa shape index (κ1) is 12.6. The van der Waals surface area contributed by atoms with Crippen molar-refractivity contribution in [1.29, 1.82) is 0 Å². The summed E-state index contributed by atoms with van der Waals surface area (Å²) in [4.78, 5) is 12.2. The van der Waals surface area contributed by atoms with Gasteiger partial charge in [-0.3, -0.25) is 4.99 Å². The summed E-state index contributed by atoms with van der Waals surface area (Å²) >= 11 is 0. The molecular formula is C15H19N3. The van der Waals surface area contributed by atoms with Gasteiger partial charge < -0.3 is 4.98 Å². The lowest BCUT2D eigenvalue weighted by Crippen LogP contribution is -1.91. The zero-order valence-electron chi connectivity index (χ0n) is 11.0. The van der Waals surface area contributed by atoms with E-state index in [9.17, 15) is 0 Å². The molecule has 0 aliphatic rings. The van der Waals surface area contributed by atoms with Crippen LogP contribution in [0.1, 0.15) is 29.7 Å². The van der Waals surface area contributed by atoms with Gasteiger partial charge in [0.25, 0.3) is 0 Å². The molecule has 2 aromatic rings. The zero-order valence-corrected chi connectivity index (χ0v) is 11.0. The molecule has 0 saturated carbocycles. The maximum atomic E-state index is 4.47. The molecule has 0 saturated heterocycles. The largest absolute Gasteiger partial charge is 0.346 e. The first-order valence-electron chi connectivity index (χ1n) is 6.39. The molecule has 0 bridgehead atoms. The molecule has 0 fully saturated rings. The number of nitrogens with one attached hydrogen (secondary N) is 1. The average molecular weight is 241 g/mol. The molecule has 0 spiro atoms. The number of hydrogen-bond donors (Lipinski definition) is 1. The minimum Gasteiger partial charge on any atom is -0.346 e. The molecule has 3 nitrogen and oxygen atoms in total. The number of rotatable bonds is 5. The third-order valence-corrected chi connectivity index (χ3v) is 2.89. The van der Waals surface area contributed by atoms with E-state index in [-0.39, 0.29) is 0 Å². The molecule has 2 rings (SSSR count). The van der Waals surface area contributed by atoms with Gasteiger partial charge >= 0.3 is 0 Å². The number of aromatic nitrogens is 2. The van der Waals surface area contributed by atoms with Crippen molar-refractivity contribution in [3.63, 3.8) is 0 Å². The van der Waals surface area contributed by atoms with Crippen molar-refractivity contribution >= 4 is 6.21 Å². The highest BCUT2D eigenvalue weighted by Crippen LogP contribution is 2.03. The van der Waals surface area contributed by atoms with Crippen molar-refractivity contribution in [2.24, 2.45) is 4.99 Å². The van der Waals surface area contributed by atoms with Crippen molar-refractivity contribution in [2.75, 3.05) is 6.54 Å². The maximum absolute atomic E-state index is 4.47. The quantitative estimate of drug-likeness (QED) is 0.803. The van der Waals surface area contributed by atoms with E-state index >= 15 is 0 Å². The second-order valence-corrected chi connectivity index (χ2v) is 4.32. The lowest BCUT2D eigenvalue weighted by atomic mass is 10.2. The van der Waals surface area contributed by atoms with Crippen LogP contribution in [-0.2, 0) is 12.8 Å². The number of benzene rings is 1. The first-order chi connectivity index (χ1) is 8.79. The molecule has 0 aliphatic carbocycles. The van der Waals surface area contributed by atoms with Crippen LogP contribution in [0.3, 0.4) is 0 Å². The van der Waals surface area contributed by atoms with Gasteiger partial charge in [-0.2, -0.15) is 0 Å². The number of aliphatic imine (C=N–C) groups is 1. The summed E-state index contributed by atoms with van der Waals surface area (Å²) in [5.41, 5.74) is 3.37. The van der Waals surface area contributed by atoms with Crippen LogP contribution < -0.4 is 0 Å². The van der Waals surface area contributed by atoms with E-state index < -0.39 is 0 Å². The lowest BCUT2D eigenvalue weighted by Gasteiger charge is -1.96. The molecule has 1 aromatic carbocycles. The van der Waals surface area contributed by atoms with Crippen molar-refractivity contribution in [3.8, 4) is 0 Å². The molecule has 0 aliphatic heterocycles. The van der Waals surface area contributed by atoms with Crippen LogP contribution >= 0.6 is 0 Å². The van der Waals surface area contributed by atoms with Gasteiger partial charge in [-0.1, -0.05) is 37.3 Å². The van der Waals surface area contributed by atoms with E-state index in [0.29, 0.717) is 0 Å². The van der Waals surface area contributed by atoms with Crippen molar-refractivity contribution in [1.82, 2.24) is 9.97 Å². The van der Waals surface area contributed by atoms with Gasteiger partial charge in [0.15, 0.2) is 0 Å². The van der Waals surface area contributed by atoms with Crippen LogP contribution in [0.25, 0.3) is 0 Å². The van der Waals surface area contributed by atoms with Gasteiger partial charge in [0.2, 0.25) is 0 Å². The van der Waals surface area contributed by atoms with Gasteiger partial charge in [-0.25, -0.2) is 4.98 Å². The summed E-state index contributed by atoms with van der Waals surface area (Å²) in [5, 5.41) is 0. The topological polar surface area (TPSA) is 41.0 Å². The molecule has 1 aromatic heterocycles. The van der Waals surface area contributed by atoms with Crippen LogP contribution in [-0.4, -0.2) is 22.7 Å². The Hall–Kier alpha value is -1.90. The maximum Gasteiger partial charge on any atom is 0.106 e. The summed E-state index contributed by atoms with van der Waals surface area (Å²) < 4.78 is 0. The fraction of sp³-hybridized carbons (Fsp3) is 0.333. The molecule has 0 radical (unpaired) electrons. The monoisotopic (exact) mass is 241 g/mol. The fourth-order valence-electron chi connectivity index (χ4n) is 1.82. The van der Waals surface area contributed by atoms with Crippen molar-refractivity contribution in [2.45, 2.75) is 26.7 Å². The Labute approximate surface area is 108 Å². The fourth-order valence-corrected chi connectivity index (χ4v) is 1.82. The van der Waals surface area contributed by atoms with E-state index in [1.807, 2.05) is 19.2 Å². The van der Waals surface area contributed by atoms with E-state index in [1.54, 1.807) is 0 Å². The molecule has 3 heteroatoms. The van der Waals surface area contributed by atoms with Crippen molar-refractivity contribution < 1.29 is 0 Å². The van der Waals surface area contributed by atoms with Crippen LogP contribution in [0.5, 0.6) is 0 Å². The van der Waals surface area contributed by atoms with Gasteiger partial charge in [-0.05, 0) is 18.9 Å². The van der Waals surface area contributed by atoms with E-state index in [1.165, 1.54) is 5.56 Å². The number of imidazole rings is 1. The molecule has 1 N–H and O–H groups in total. The van der Waals surface area contributed by atoms with Crippen LogP contribution in [0.2, 0.25) is 0 Å². The highest BCUT2D eigenvalue weighted by molar-refractivity contribution is 5.78. The van der Waals surface area contributed by atoms with Crippen LogP contribution in [0.15, 0.2) is 35.3 Å². The summed E-state index contributed by atoms with van der Waals surface area (Å²) in [6, 6.07) is 10.4. The van der Waals surface area contributed by atoms with Crippen molar-refractivity contribution in [3.05, 3.63) is 53.1 Å². The highest BCUT2D eigenvalue weighted by atomic mass is 14.9. The number of H-pyrrole nitrogens is 1.